The fourth-order valence-corrected chi connectivity index (χ4v) is 4.56. The Balaban J connectivity index is 1.61. The summed E-state index contributed by atoms with van der Waals surface area (Å²) in [7, 11) is -3.56. The summed E-state index contributed by atoms with van der Waals surface area (Å²) in [5.41, 5.74) is 0.909. The van der Waals surface area contributed by atoms with Crippen molar-refractivity contribution in [1.29, 1.82) is 5.26 Å². The van der Waals surface area contributed by atoms with Crippen LogP contribution in [0.2, 0.25) is 0 Å². The molecule has 0 unspecified atom stereocenters. The molecule has 0 spiro atoms. The summed E-state index contributed by atoms with van der Waals surface area (Å²) in [5, 5.41) is 8.76. The van der Waals surface area contributed by atoms with E-state index >= 15 is 0 Å². The van der Waals surface area contributed by atoms with Gasteiger partial charge in [0.2, 0.25) is 10.0 Å². The van der Waals surface area contributed by atoms with Gasteiger partial charge in [-0.15, -0.1) is 0 Å². The maximum Gasteiger partial charge on any atom is 0.338 e. The number of rotatable bonds is 6. The number of sulfonamides is 1. The van der Waals surface area contributed by atoms with Gasteiger partial charge in [0.05, 0.1) is 22.1 Å². The molecular weight excluding hydrogens is 392 g/mol. The third-order valence-electron chi connectivity index (χ3n) is 4.71. The molecule has 7 nitrogen and oxygen atoms in total. The standard InChI is InChI=1S/C21H20N2O5S/c22-14-16-4-6-18(7-5-16)21(25)28-15-20(24)17-8-10-19(11-9-17)29(26,27)23-12-2-1-3-13-23/h4-11H,1-3,12-13,15H2. The Morgan fingerprint density at radius 1 is 0.931 bits per heavy atom. The van der Waals surface area contributed by atoms with Gasteiger partial charge in [-0.1, -0.05) is 6.42 Å². The van der Waals surface area contributed by atoms with Gasteiger partial charge < -0.3 is 4.74 Å². The second-order valence-corrected chi connectivity index (χ2v) is 8.62. The van der Waals surface area contributed by atoms with Crippen LogP contribution in [0.15, 0.2) is 53.4 Å². The first-order chi connectivity index (χ1) is 13.9. The number of carbonyl (C=O) groups is 2. The lowest BCUT2D eigenvalue weighted by Gasteiger charge is -2.25. The van der Waals surface area contributed by atoms with E-state index in [1.165, 1.54) is 52.8 Å². The van der Waals surface area contributed by atoms with Crippen LogP contribution >= 0.6 is 0 Å². The maximum absolute atomic E-state index is 12.6. The number of carbonyl (C=O) groups excluding carboxylic acids is 2. The van der Waals surface area contributed by atoms with Gasteiger partial charge in [0.25, 0.3) is 0 Å². The second-order valence-electron chi connectivity index (χ2n) is 6.68. The Kier molecular flexibility index (Phi) is 6.42. The van der Waals surface area contributed by atoms with Crippen LogP contribution in [0, 0.1) is 11.3 Å². The van der Waals surface area contributed by atoms with Gasteiger partial charge in [-0.3, -0.25) is 4.79 Å². The van der Waals surface area contributed by atoms with Crippen LogP contribution in [-0.4, -0.2) is 44.2 Å². The molecule has 0 atom stereocenters. The number of hydrogen-bond acceptors (Lipinski definition) is 6. The fraction of sp³-hybridized carbons (Fsp3) is 0.286. The number of benzene rings is 2. The van der Waals surface area contributed by atoms with Crippen molar-refractivity contribution >= 4 is 21.8 Å². The average Bonchev–Trinajstić information content (AvgIpc) is 2.78. The van der Waals surface area contributed by atoms with Crippen molar-refractivity contribution in [3.8, 4) is 6.07 Å². The molecule has 0 aromatic heterocycles. The Labute approximate surface area is 169 Å². The van der Waals surface area contributed by atoms with Gasteiger partial charge in [-0.2, -0.15) is 9.57 Å². The molecule has 0 radical (unpaired) electrons. The first kappa shape index (κ1) is 20.7. The van der Waals surface area contributed by atoms with Crippen LogP contribution in [0.1, 0.15) is 45.5 Å². The molecule has 1 heterocycles. The van der Waals surface area contributed by atoms with Crippen molar-refractivity contribution in [3.05, 3.63) is 65.2 Å². The smallest absolute Gasteiger partial charge is 0.338 e. The summed E-state index contributed by atoms with van der Waals surface area (Å²) in [6.07, 6.45) is 2.72. The van der Waals surface area contributed by atoms with Crippen molar-refractivity contribution in [2.75, 3.05) is 19.7 Å². The van der Waals surface area contributed by atoms with Gasteiger partial charge in [0.1, 0.15) is 0 Å². The van der Waals surface area contributed by atoms with Gasteiger partial charge >= 0.3 is 5.97 Å². The lowest BCUT2D eigenvalue weighted by molar-refractivity contribution is 0.0474. The number of nitriles is 1. The topological polar surface area (TPSA) is 105 Å². The van der Waals surface area contributed by atoms with Gasteiger partial charge in [0, 0.05) is 18.7 Å². The molecule has 1 aliphatic heterocycles. The van der Waals surface area contributed by atoms with Gasteiger partial charge in [-0.25, -0.2) is 13.2 Å². The monoisotopic (exact) mass is 412 g/mol. The van der Waals surface area contributed by atoms with Gasteiger partial charge in [0.15, 0.2) is 12.4 Å². The molecule has 2 aromatic rings. The predicted molar refractivity (Wildman–Crippen MR) is 105 cm³/mol. The zero-order valence-electron chi connectivity index (χ0n) is 15.7. The normalized spacial score (nSPS) is 14.7. The molecule has 0 bridgehead atoms. The summed E-state index contributed by atoms with van der Waals surface area (Å²) in [6, 6.07) is 13.5. The molecule has 0 N–H and O–H groups in total. The highest BCUT2D eigenvalue weighted by atomic mass is 32.2. The van der Waals surface area contributed by atoms with Crippen LogP contribution in [0.25, 0.3) is 0 Å². The number of hydrogen-bond donors (Lipinski definition) is 0. The lowest BCUT2D eigenvalue weighted by Crippen LogP contribution is -2.35. The summed E-state index contributed by atoms with van der Waals surface area (Å²) in [6.45, 7) is 0.555. The fourth-order valence-electron chi connectivity index (χ4n) is 3.05. The molecule has 1 fully saturated rings. The molecule has 0 amide bonds. The van der Waals surface area contributed by atoms with E-state index < -0.39 is 28.4 Å². The third-order valence-corrected chi connectivity index (χ3v) is 6.63. The molecule has 8 heteroatoms. The number of Topliss-reactive ketones (excluding diaryl/α,β-unsaturated/α-hetero) is 1. The first-order valence-electron chi connectivity index (χ1n) is 9.22. The SMILES string of the molecule is N#Cc1ccc(C(=O)OCC(=O)c2ccc(S(=O)(=O)N3CCCCC3)cc2)cc1. The minimum absolute atomic E-state index is 0.144. The quantitative estimate of drug-likeness (QED) is 0.534. The van der Waals surface area contributed by atoms with E-state index in [2.05, 4.69) is 0 Å². The predicted octanol–water partition coefficient (Wildman–Crippen LogP) is 2.77. The Morgan fingerprint density at radius 2 is 1.52 bits per heavy atom. The second kappa shape index (κ2) is 8.99. The summed E-state index contributed by atoms with van der Waals surface area (Å²) in [5.74, 6) is -1.11. The van der Waals surface area contributed by atoms with Crippen LogP contribution in [0.4, 0.5) is 0 Å². The number of piperidine rings is 1. The van der Waals surface area contributed by atoms with Crippen molar-refractivity contribution in [1.82, 2.24) is 4.31 Å². The van der Waals surface area contributed by atoms with E-state index in [0.717, 1.165) is 19.3 Å². The van der Waals surface area contributed by atoms with Crippen LogP contribution < -0.4 is 0 Å². The molecule has 1 saturated heterocycles. The average molecular weight is 412 g/mol. The van der Waals surface area contributed by atoms with Crippen molar-refractivity contribution < 1.29 is 22.7 Å². The zero-order valence-corrected chi connectivity index (χ0v) is 16.5. The first-order valence-corrected chi connectivity index (χ1v) is 10.7. The molecule has 29 heavy (non-hydrogen) atoms. The highest BCUT2D eigenvalue weighted by Crippen LogP contribution is 2.21. The van der Waals surface area contributed by atoms with E-state index in [9.17, 15) is 18.0 Å². The minimum Gasteiger partial charge on any atom is -0.454 e. The molecular formula is C21H20N2O5S. The molecule has 2 aromatic carbocycles. The van der Waals surface area contributed by atoms with Crippen LogP contribution in [0.3, 0.4) is 0 Å². The Bertz CT molecular complexity index is 1030. The van der Waals surface area contributed by atoms with Crippen molar-refractivity contribution in [2.24, 2.45) is 0 Å². The van der Waals surface area contributed by atoms with Crippen LogP contribution in [-0.2, 0) is 14.8 Å². The van der Waals surface area contributed by atoms with E-state index in [-0.39, 0.29) is 16.0 Å². The molecule has 1 aliphatic rings. The largest absolute Gasteiger partial charge is 0.454 e. The Morgan fingerprint density at radius 3 is 2.10 bits per heavy atom. The number of ketones is 1. The van der Waals surface area contributed by atoms with E-state index in [1.807, 2.05) is 6.07 Å². The number of esters is 1. The van der Waals surface area contributed by atoms with Crippen LogP contribution in [0.5, 0.6) is 0 Å². The third kappa shape index (κ3) is 4.88. The van der Waals surface area contributed by atoms with Crippen molar-refractivity contribution in [2.45, 2.75) is 24.2 Å². The van der Waals surface area contributed by atoms with E-state index in [4.69, 9.17) is 10.00 Å². The zero-order chi connectivity index (χ0) is 20.9. The number of ether oxygens (including phenoxy) is 1. The highest BCUT2D eigenvalue weighted by Gasteiger charge is 2.26. The summed E-state index contributed by atoms with van der Waals surface area (Å²) >= 11 is 0. The highest BCUT2D eigenvalue weighted by molar-refractivity contribution is 7.89. The number of nitrogens with zero attached hydrogens (tertiary/aromatic N) is 2. The van der Waals surface area contributed by atoms with E-state index in [1.54, 1.807) is 0 Å². The summed E-state index contributed by atoms with van der Waals surface area (Å²) < 4.78 is 31.8. The Hall–Kier alpha value is -3.02. The van der Waals surface area contributed by atoms with Crippen molar-refractivity contribution in [3.63, 3.8) is 0 Å². The molecule has 0 saturated carbocycles. The van der Waals surface area contributed by atoms with E-state index in [0.29, 0.717) is 18.7 Å². The molecule has 0 aliphatic carbocycles. The van der Waals surface area contributed by atoms with Gasteiger partial charge in [-0.05, 0) is 61.4 Å². The summed E-state index contributed by atoms with van der Waals surface area (Å²) in [4.78, 5) is 24.4. The maximum atomic E-state index is 12.6. The lowest BCUT2D eigenvalue weighted by atomic mass is 10.1. The molecule has 150 valence electrons. The molecule has 3 rings (SSSR count). The minimum atomic E-state index is -3.56.